The highest BCUT2D eigenvalue weighted by atomic mass is 14.9. The zero-order valence-corrected chi connectivity index (χ0v) is 10.4. The van der Waals surface area contributed by atoms with Crippen LogP contribution in [-0.2, 0) is 0 Å². The number of rotatable bonds is 5. The van der Waals surface area contributed by atoms with Gasteiger partial charge in [0.25, 0.3) is 0 Å². The van der Waals surface area contributed by atoms with Crippen LogP contribution in [0.4, 0.5) is 0 Å². The molecular formula is C15H21N. The Balaban J connectivity index is 2.55. The van der Waals surface area contributed by atoms with E-state index in [1.54, 1.807) is 0 Å². The van der Waals surface area contributed by atoms with Gasteiger partial charge in [-0.25, -0.2) is 0 Å². The first-order chi connectivity index (χ1) is 7.74. The summed E-state index contributed by atoms with van der Waals surface area (Å²) in [6, 6.07) is 10.8. The summed E-state index contributed by atoms with van der Waals surface area (Å²) in [4.78, 5) is 0. The number of hydrogen-bond donors (Lipinski definition) is 1. The van der Waals surface area contributed by atoms with Gasteiger partial charge in [-0.2, -0.15) is 0 Å². The van der Waals surface area contributed by atoms with Gasteiger partial charge in [0.2, 0.25) is 0 Å². The number of hydrogen-bond acceptors (Lipinski definition) is 1. The number of likely N-dealkylation sites (N-methyl/N-ethyl adjacent to an activating group) is 1. The first-order valence-corrected chi connectivity index (χ1v) is 5.87. The van der Waals surface area contributed by atoms with E-state index >= 15 is 0 Å². The van der Waals surface area contributed by atoms with Crippen LogP contribution in [0.25, 0.3) is 6.08 Å². The molecule has 0 saturated heterocycles. The second-order valence-corrected chi connectivity index (χ2v) is 3.96. The Morgan fingerprint density at radius 2 is 2.00 bits per heavy atom. The SMILES string of the molecule is CCNC(C)C(C)=CC=Cc1ccccc1. The molecule has 0 aromatic heterocycles. The second kappa shape index (κ2) is 7.02. The molecule has 86 valence electrons. The standard InChI is InChI=1S/C15H21N/c1-4-16-14(3)13(2)9-8-12-15-10-6-5-7-11-15/h5-12,14,16H,4H2,1-3H3. The van der Waals surface area contributed by atoms with Crippen LogP contribution in [0.1, 0.15) is 26.3 Å². The first-order valence-electron chi connectivity index (χ1n) is 5.87. The zero-order chi connectivity index (χ0) is 11.8. The summed E-state index contributed by atoms with van der Waals surface area (Å²) >= 11 is 0. The lowest BCUT2D eigenvalue weighted by molar-refractivity contribution is 0.633. The van der Waals surface area contributed by atoms with Crippen LogP contribution in [0.15, 0.2) is 48.1 Å². The molecule has 1 rings (SSSR count). The van der Waals surface area contributed by atoms with Gasteiger partial charge in [-0.15, -0.1) is 0 Å². The van der Waals surface area contributed by atoms with Gasteiger partial charge in [0.15, 0.2) is 0 Å². The molecule has 1 nitrogen and oxygen atoms in total. The molecule has 0 bridgehead atoms. The van der Waals surface area contributed by atoms with Crippen LogP contribution in [0.2, 0.25) is 0 Å². The molecule has 1 heteroatoms. The molecule has 1 unspecified atom stereocenters. The van der Waals surface area contributed by atoms with Crippen LogP contribution in [0, 0.1) is 0 Å². The van der Waals surface area contributed by atoms with Crippen molar-refractivity contribution >= 4 is 6.08 Å². The minimum absolute atomic E-state index is 0.449. The number of benzene rings is 1. The predicted molar refractivity (Wildman–Crippen MR) is 72.4 cm³/mol. The van der Waals surface area contributed by atoms with Gasteiger partial charge in [-0.3, -0.25) is 0 Å². The Hall–Kier alpha value is -1.34. The van der Waals surface area contributed by atoms with Crippen LogP contribution in [0.3, 0.4) is 0 Å². The lowest BCUT2D eigenvalue weighted by atomic mass is 10.1. The minimum Gasteiger partial charge on any atom is -0.311 e. The van der Waals surface area contributed by atoms with E-state index in [0.29, 0.717) is 6.04 Å². The Kier molecular flexibility index (Phi) is 5.58. The topological polar surface area (TPSA) is 12.0 Å². The fourth-order valence-electron chi connectivity index (χ4n) is 1.49. The first kappa shape index (κ1) is 12.7. The summed E-state index contributed by atoms with van der Waals surface area (Å²) in [5, 5.41) is 3.39. The zero-order valence-electron chi connectivity index (χ0n) is 10.4. The van der Waals surface area contributed by atoms with E-state index < -0.39 is 0 Å². The number of allylic oxidation sites excluding steroid dienone is 2. The van der Waals surface area contributed by atoms with E-state index in [9.17, 15) is 0 Å². The molecule has 0 saturated carbocycles. The molecular weight excluding hydrogens is 194 g/mol. The summed E-state index contributed by atoms with van der Waals surface area (Å²) < 4.78 is 0. The normalized spacial score (nSPS) is 14.3. The minimum atomic E-state index is 0.449. The van der Waals surface area contributed by atoms with Gasteiger partial charge in [-0.1, -0.05) is 61.1 Å². The average molecular weight is 215 g/mol. The van der Waals surface area contributed by atoms with Gasteiger partial charge in [-0.05, 0) is 26.0 Å². The fraction of sp³-hybridized carbons (Fsp3) is 0.333. The molecule has 1 aromatic rings. The lowest BCUT2D eigenvalue weighted by Crippen LogP contribution is -2.26. The van der Waals surface area contributed by atoms with E-state index in [2.05, 4.69) is 68.6 Å². The third-order valence-corrected chi connectivity index (χ3v) is 2.64. The molecule has 1 atom stereocenters. The maximum Gasteiger partial charge on any atom is 0.0251 e. The Morgan fingerprint density at radius 3 is 2.62 bits per heavy atom. The van der Waals surface area contributed by atoms with Crippen molar-refractivity contribution < 1.29 is 0 Å². The van der Waals surface area contributed by atoms with Crippen molar-refractivity contribution in [2.24, 2.45) is 0 Å². The van der Waals surface area contributed by atoms with Crippen molar-refractivity contribution in [1.82, 2.24) is 5.32 Å². The maximum atomic E-state index is 3.39. The fourth-order valence-corrected chi connectivity index (χ4v) is 1.49. The smallest absolute Gasteiger partial charge is 0.0251 e. The molecule has 0 radical (unpaired) electrons. The van der Waals surface area contributed by atoms with Gasteiger partial charge in [0, 0.05) is 6.04 Å². The highest BCUT2D eigenvalue weighted by Gasteiger charge is 1.98. The van der Waals surface area contributed by atoms with E-state index in [1.165, 1.54) is 11.1 Å². The van der Waals surface area contributed by atoms with Gasteiger partial charge < -0.3 is 5.32 Å². The van der Waals surface area contributed by atoms with Crippen LogP contribution >= 0.6 is 0 Å². The summed E-state index contributed by atoms with van der Waals surface area (Å²) in [7, 11) is 0. The molecule has 0 fully saturated rings. The monoisotopic (exact) mass is 215 g/mol. The Labute approximate surface area is 98.9 Å². The third-order valence-electron chi connectivity index (χ3n) is 2.64. The van der Waals surface area contributed by atoms with Gasteiger partial charge in [0.05, 0.1) is 0 Å². The van der Waals surface area contributed by atoms with Crippen molar-refractivity contribution in [2.75, 3.05) is 6.54 Å². The molecule has 0 amide bonds. The average Bonchev–Trinajstić information content (AvgIpc) is 2.30. The molecule has 16 heavy (non-hydrogen) atoms. The highest BCUT2D eigenvalue weighted by molar-refractivity contribution is 5.51. The van der Waals surface area contributed by atoms with Crippen LogP contribution in [-0.4, -0.2) is 12.6 Å². The summed E-state index contributed by atoms with van der Waals surface area (Å²) in [6.07, 6.45) is 6.40. The molecule has 1 N–H and O–H groups in total. The summed E-state index contributed by atoms with van der Waals surface area (Å²) in [6.45, 7) is 7.48. The number of nitrogens with one attached hydrogen (secondary N) is 1. The summed E-state index contributed by atoms with van der Waals surface area (Å²) in [5.41, 5.74) is 2.59. The van der Waals surface area contributed by atoms with Crippen molar-refractivity contribution in [3.8, 4) is 0 Å². The van der Waals surface area contributed by atoms with Crippen molar-refractivity contribution in [2.45, 2.75) is 26.8 Å². The lowest BCUT2D eigenvalue weighted by Gasteiger charge is -2.11. The second-order valence-electron chi connectivity index (χ2n) is 3.96. The van der Waals surface area contributed by atoms with Crippen LogP contribution in [0.5, 0.6) is 0 Å². The van der Waals surface area contributed by atoms with E-state index in [0.717, 1.165) is 6.54 Å². The van der Waals surface area contributed by atoms with Crippen molar-refractivity contribution in [3.63, 3.8) is 0 Å². The molecule has 0 aliphatic heterocycles. The summed E-state index contributed by atoms with van der Waals surface area (Å²) in [5.74, 6) is 0. The molecule has 0 aliphatic rings. The third kappa shape index (κ3) is 4.45. The predicted octanol–water partition coefficient (Wildman–Crippen LogP) is 3.64. The quantitative estimate of drug-likeness (QED) is 0.739. The van der Waals surface area contributed by atoms with Crippen molar-refractivity contribution in [1.29, 1.82) is 0 Å². The largest absolute Gasteiger partial charge is 0.311 e. The van der Waals surface area contributed by atoms with Crippen molar-refractivity contribution in [3.05, 3.63) is 53.6 Å². The van der Waals surface area contributed by atoms with E-state index in [1.807, 2.05) is 6.07 Å². The molecule has 1 aromatic carbocycles. The van der Waals surface area contributed by atoms with Crippen LogP contribution < -0.4 is 5.32 Å². The van der Waals surface area contributed by atoms with Gasteiger partial charge in [0.1, 0.15) is 0 Å². The Bertz CT molecular complexity index is 349. The van der Waals surface area contributed by atoms with Gasteiger partial charge >= 0.3 is 0 Å². The highest BCUT2D eigenvalue weighted by Crippen LogP contribution is 2.04. The molecule has 0 aliphatic carbocycles. The van der Waals surface area contributed by atoms with E-state index in [4.69, 9.17) is 0 Å². The Morgan fingerprint density at radius 1 is 1.31 bits per heavy atom. The maximum absolute atomic E-state index is 3.39. The molecule has 0 heterocycles. The molecule has 0 spiro atoms. The van der Waals surface area contributed by atoms with E-state index in [-0.39, 0.29) is 0 Å².